The van der Waals surface area contributed by atoms with E-state index in [2.05, 4.69) is 5.32 Å². The van der Waals surface area contributed by atoms with Gasteiger partial charge in [0, 0.05) is 6.54 Å². The molecule has 0 unspecified atom stereocenters. The van der Waals surface area contributed by atoms with Gasteiger partial charge in [0.1, 0.15) is 0 Å². The van der Waals surface area contributed by atoms with E-state index in [1.54, 1.807) is 12.1 Å². The zero-order valence-corrected chi connectivity index (χ0v) is 10.6. The van der Waals surface area contributed by atoms with Crippen LogP contribution in [0.5, 0.6) is 0 Å². The third-order valence-electron chi connectivity index (χ3n) is 2.25. The lowest BCUT2D eigenvalue weighted by Gasteiger charge is -2.08. The summed E-state index contributed by atoms with van der Waals surface area (Å²) < 4.78 is 59.0. The molecular formula is C11H14F3NO2S. The smallest absolute Gasteiger partial charge is 0.308 e. The maximum absolute atomic E-state index is 11.8. The van der Waals surface area contributed by atoms with Crippen LogP contribution in [0.25, 0.3) is 0 Å². The van der Waals surface area contributed by atoms with Gasteiger partial charge in [-0.15, -0.1) is 0 Å². The number of alkyl halides is 3. The van der Waals surface area contributed by atoms with Crippen molar-refractivity contribution in [2.24, 2.45) is 0 Å². The molecule has 0 aliphatic heterocycles. The Morgan fingerprint density at radius 3 is 2.22 bits per heavy atom. The predicted octanol–water partition coefficient (Wildman–Crippen LogP) is 1.92. The first-order chi connectivity index (χ1) is 8.21. The van der Waals surface area contributed by atoms with Crippen LogP contribution in [-0.4, -0.2) is 33.4 Å². The molecule has 0 atom stereocenters. The molecule has 0 bridgehead atoms. The number of rotatable bonds is 5. The molecule has 0 fully saturated rings. The maximum atomic E-state index is 11.8. The highest BCUT2D eigenvalue weighted by Crippen LogP contribution is 2.13. The lowest BCUT2D eigenvalue weighted by Crippen LogP contribution is -2.32. The molecule has 0 aromatic heterocycles. The highest BCUT2D eigenvalue weighted by Gasteiger charge is 2.26. The Bertz CT molecular complexity index is 480. The van der Waals surface area contributed by atoms with Crippen molar-refractivity contribution in [3.63, 3.8) is 0 Å². The first-order valence-electron chi connectivity index (χ1n) is 5.28. The van der Waals surface area contributed by atoms with Crippen LogP contribution < -0.4 is 5.32 Å². The standard InChI is InChI=1S/C11H14F3NO2S/c1-9-2-4-10(5-3-9)18(16,17)7-6-15-8-11(12,13)14/h2-5,15H,6-8H2,1H3. The molecule has 0 saturated heterocycles. The van der Waals surface area contributed by atoms with Crippen LogP contribution in [0.15, 0.2) is 29.2 Å². The molecule has 1 aromatic rings. The number of hydrogen-bond donors (Lipinski definition) is 1. The molecule has 0 spiro atoms. The minimum Gasteiger partial charge on any atom is -0.308 e. The number of aryl methyl sites for hydroxylation is 1. The third kappa shape index (κ3) is 5.05. The van der Waals surface area contributed by atoms with E-state index in [1.165, 1.54) is 12.1 Å². The zero-order valence-electron chi connectivity index (χ0n) is 9.79. The van der Waals surface area contributed by atoms with Crippen molar-refractivity contribution in [3.8, 4) is 0 Å². The second-order valence-electron chi connectivity index (χ2n) is 3.92. The Labute approximate surface area is 104 Å². The average Bonchev–Trinajstić information content (AvgIpc) is 2.24. The molecule has 1 rings (SSSR count). The van der Waals surface area contributed by atoms with E-state index in [1.807, 2.05) is 6.92 Å². The summed E-state index contributed by atoms with van der Waals surface area (Å²) >= 11 is 0. The van der Waals surface area contributed by atoms with Crippen LogP contribution in [0.4, 0.5) is 13.2 Å². The molecule has 0 aliphatic carbocycles. The van der Waals surface area contributed by atoms with E-state index in [9.17, 15) is 21.6 Å². The molecule has 1 aromatic carbocycles. The number of benzene rings is 1. The fourth-order valence-corrected chi connectivity index (χ4v) is 2.50. The Hall–Kier alpha value is -1.08. The van der Waals surface area contributed by atoms with Gasteiger partial charge in [0.25, 0.3) is 0 Å². The Balaban J connectivity index is 2.53. The van der Waals surface area contributed by atoms with Crippen molar-refractivity contribution in [3.05, 3.63) is 29.8 Å². The van der Waals surface area contributed by atoms with Crippen molar-refractivity contribution in [1.82, 2.24) is 5.32 Å². The topological polar surface area (TPSA) is 46.2 Å². The number of halogens is 3. The van der Waals surface area contributed by atoms with E-state index in [0.29, 0.717) is 0 Å². The van der Waals surface area contributed by atoms with E-state index in [4.69, 9.17) is 0 Å². The second kappa shape index (κ2) is 5.71. The lowest BCUT2D eigenvalue weighted by atomic mass is 10.2. The van der Waals surface area contributed by atoms with Gasteiger partial charge in [-0.25, -0.2) is 8.42 Å². The van der Waals surface area contributed by atoms with Crippen molar-refractivity contribution in [2.45, 2.75) is 18.0 Å². The Kier molecular flexibility index (Phi) is 4.75. The van der Waals surface area contributed by atoms with Crippen molar-refractivity contribution in [2.75, 3.05) is 18.8 Å². The summed E-state index contributed by atoms with van der Waals surface area (Å²) in [5.74, 6) is -0.355. The average molecular weight is 281 g/mol. The summed E-state index contributed by atoms with van der Waals surface area (Å²) in [6.07, 6.45) is -4.33. The molecule has 0 aliphatic rings. The maximum Gasteiger partial charge on any atom is 0.401 e. The first kappa shape index (κ1) is 15.0. The minimum absolute atomic E-state index is 0.127. The van der Waals surface area contributed by atoms with Gasteiger partial charge in [-0.3, -0.25) is 0 Å². The van der Waals surface area contributed by atoms with Crippen molar-refractivity contribution >= 4 is 9.84 Å². The van der Waals surface area contributed by atoms with Gasteiger partial charge in [-0.1, -0.05) is 17.7 Å². The van der Waals surface area contributed by atoms with Gasteiger partial charge < -0.3 is 5.32 Å². The molecule has 3 nitrogen and oxygen atoms in total. The molecule has 0 radical (unpaired) electrons. The van der Waals surface area contributed by atoms with Crippen LogP contribution >= 0.6 is 0 Å². The summed E-state index contributed by atoms with van der Waals surface area (Å²) in [5, 5.41) is 2.06. The van der Waals surface area contributed by atoms with E-state index >= 15 is 0 Å². The van der Waals surface area contributed by atoms with Gasteiger partial charge in [0.05, 0.1) is 17.2 Å². The molecule has 0 saturated carbocycles. The van der Waals surface area contributed by atoms with E-state index in [-0.39, 0.29) is 17.2 Å². The van der Waals surface area contributed by atoms with Gasteiger partial charge in [0.2, 0.25) is 0 Å². The van der Waals surface area contributed by atoms with Crippen LogP contribution in [0.1, 0.15) is 5.56 Å². The molecule has 7 heteroatoms. The predicted molar refractivity (Wildman–Crippen MR) is 62.2 cm³/mol. The highest BCUT2D eigenvalue weighted by molar-refractivity contribution is 7.91. The largest absolute Gasteiger partial charge is 0.401 e. The van der Waals surface area contributed by atoms with Crippen LogP contribution in [0.2, 0.25) is 0 Å². The minimum atomic E-state index is -4.33. The van der Waals surface area contributed by atoms with E-state index in [0.717, 1.165) is 5.56 Å². The highest BCUT2D eigenvalue weighted by atomic mass is 32.2. The summed E-state index contributed by atoms with van der Waals surface area (Å²) in [7, 11) is -3.52. The van der Waals surface area contributed by atoms with Crippen molar-refractivity contribution < 1.29 is 21.6 Å². The van der Waals surface area contributed by atoms with Gasteiger partial charge in [0.15, 0.2) is 9.84 Å². The summed E-state index contributed by atoms with van der Waals surface area (Å²) in [6, 6.07) is 6.20. The molecule has 18 heavy (non-hydrogen) atoms. The fraction of sp³-hybridized carbons (Fsp3) is 0.455. The monoisotopic (exact) mass is 281 g/mol. The van der Waals surface area contributed by atoms with Gasteiger partial charge in [-0.05, 0) is 19.1 Å². The molecular weight excluding hydrogens is 267 g/mol. The summed E-state index contributed by atoms with van der Waals surface area (Å²) in [6.45, 7) is 0.410. The first-order valence-corrected chi connectivity index (χ1v) is 6.93. The number of hydrogen-bond acceptors (Lipinski definition) is 3. The Morgan fingerprint density at radius 2 is 1.72 bits per heavy atom. The SMILES string of the molecule is Cc1ccc(S(=O)(=O)CCNCC(F)(F)F)cc1. The second-order valence-corrected chi connectivity index (χ2v) is 6.03. The van der Waals surface area contributed by atoms with E-state index < -0.39 is 22.6 Å². The molecule has 0 amide bonds. The third-order valence-corrected chi connectivity index (χ3v) is 3.99. The van der Waals surface area contributed by atoms with Gasteiger partial charge >= 0.3 is 6.18 Å². The quantitative estimate of drug-likeness (QED) is 0.839. The summed E-state index contributed by atoms with van der Waals surface area (Å²) in [5.41, 5.74) is 0.921. The normalized spacial score (nSPS) is 12.7. The van der Waals surface area contributed by atoms with Gasteiger partial charge in [-0.2, -0.15) is 13.2 Å². The molecule has 102 valence electrons. The lowest BCUT2D eigenvalue weighted by molar-refractivity contribution is -0.124. The number of sulfone groups is 1. The Morgan fingerprint density at radius 1 is 1.17 bits per heavy atom. The zero-order chi connectivity index (χ0) is 13.8. The van der Waals surface area contributed by atoms with Crippen LogP contribution in [0.3, 0.4) is 0 Å². The molecule has 1 N–H and O–H groups in total. The fourth-order valence-electron chi connectivity index (χ4n) is 1.30. The molecule has 0 heterocycles. The van der Waals surface area contributed by atoms with Crippen LogP contribution in [-0.2, 0) is 9.84 Å². The van der Waals surface area contributed by atoms with Crippen molar-refractivity contribution in [1.29, 1.82) is 0 Å². The number of nitrogens with one attached hydrogen (secondary N) is 1. The van der Waals surface area contributed by atoms with Crippen LogP contribution in [0, 0.1) is 6.92 Å². The summed E-state index contributed by atoms with van der Waals surface area (Å²) in [4.78, 5) is 0.127.